The van der Waals surface area contributed by atoms with Gasteiger partial charge in [-0.2, -0.15) is 0 Å². The number of nitrogens with zero attached hydrogens (tertiary/aromatic N) is 1. The maximum absolute atomic E-state index is 13.0. The first-order chi connectivity index (χ1) is 14.0. The summed E-state index contributed by atoms with van der Waals surface area (Å²) in [6.45, 7) is 0. The van der Waals surface area contributed by atoms with Crippen LogP contribution in [0.15, 0.2) is 88.9 Å². The van der Waals surface area contributed by atoms with Gasteiger partial charge in [0, 0.05) is 15.7 Å². The fourth-order valence-electron chi connectivity index (χ4n) is 3.46. The van der Waals surface area contributed by atoms with Crippen molar-refractivity contribution in [3.8, 4) is 5.75 Å². The molecule has 2 N–H and O–H groups in total. The highest BCUT2D eigenvalue weighted by molar-refractivity contribution is 9.10. The molecule has 6 heteroatoms. The third-order valence-electron chi connectivity index (χ3n) is 4.78. The first kappa shape index (κ1) is 19.0. The maximum Gasteiger partial charge on any atom is 0.300 e. The van der Waals surface area contributed by atoms with E-state index in [0.717, 1.165) is 4.47 Å². The maximum atomic E-state index is 13.0. The van der Waals surface area contributed by atoms with Gasteiger partial charge in [0.05, 0.1) is 11.6 Å². The van der Waals surface area contributed by atoms with E-state index in [4.69, 9.17) is 0 Å². The van der Waals surface area contributed by atoms with Crippen LogP contribution in [0.3, 0.4) is 0 Å². The molecule has 1 unspecified atom stereocenters. The summed E-state index contributed by atoms with van der Waals surface area (Å²) in [5.41, 5.74) is 1.45. The number of aliphatic hydroxyl groups is 1. The predicted molar refractivity (Wildman–Crippen MR) is 113 cm³/mol. The quantitative estimate of drug-likeness (QED) is 0.342. The number of anilines is 1. The monoisotopic (exact) mass is 449 g/mol. The molecule has 0 spiro atoms. The molecule has 3 aromatic carbocycles. The van der Waals surface area contributed by atoms with Crippen LogP contribution in [0.5, 0.6) is 5.75 Å². The summed E-state index contributed by atoms with van der Waals surface area (Å²) in [6.07, 6.45) is 0. The van der Waals surface area contributed by atoms with E-state index in [0.29, 0.717) is 16.8 Å². The van der Waals surface area contributed by atoms with Gasteiger partial charge in [-0.25, -0.2) is 0 Å². The smallest absolute Gasteiger partial charge is 0.300 e. The molecule has 1 fully saturated rings. The van der Waals surface area contributed by atoms with E-state index in [1.807, 2.05) is 6.07 Å². The molecule has 0 aromatic heterocycles. The van der Waals surface area contributed by atoms with E-state index in [2.05, 4.69) is 15.9 Å². The second kappa shape index (κ2) is 7.56. The average Bonchev–Trinajstić information content (AvgIpc) is 2.99. The zero-order valence-electron chi connectivity index (χ0n) is 15.1. The zero-order chi connectivity index (χ0) is 20.5. The number of rotatable bonds is 3. The number of carbonyl (C=O) groups is 2. The summed E-state index contributed by atoms with van der Waals surface area (Å²) in [4.78, 5) is 27.2. The van der Waals surface area contributed by atoms with Crippen molar-refractivity contribution in [1.82, 2.24) is 0 Å². The van der Waals surface area contributed by atoms with Gasteiger partial charge in [-0.3, -0.25) is 14.5 Å². The fraction of sp³-hybridized carbons (Fsp3) is 0.0435. The fourth-order valence-corrected chi connectivity index (χ4v) is 3.73. The Bertz CT molecular complexity index is 1120. The molecular formula is C23H16BrNO4. The lowest BCUT2D eigenvalue weighted by atomic mass is 9.95. The Kier molecular flexibility index (Phi) is 4.94. The molecule has 5 nitrogen and oxygen atoms in total. The second-order valence-corrected chi connectivity index (χ2v) is 7.52. The molecule has 0 radical (unpaired) electrons. The number of carbonyl (C=O) groups excluding carboxylic acids is 2. The van der Waals surface area contributed by atoms with Crippen molar-refractivity contribution in [3.63, 3.8) is 0 Å². The zero-order valence-corrected chi connectivity index (χ0v) is 16.7. The highest BCUT2D eigenvalue weighted by atomic mass is 79.9. The third-order valence-corrected chi connectivity index (χ3v) is 5.31. The molecule has 4 rings (SSSR count). The number of aromatic hydroxyl groups is 1. The van der Waals surface area contributed by atoms with Crippen LogP contribution >= 0.6 is 15.9 Å². The molecule has 1 saturated heterocycles. The number of Topliss-reactive ketones (excluding diaryl/α,β-unsaturated/α-hetero) is 1. The van der Waals surface area contributed by atoms with Gasteiger partial charge in [0.2, 0.25) is 0 Å². The highest BCUT2D eigenvalue weighted by Gasteiger charge is 2.46. The first-order valence-electron chi connectivity index (χ1n) is 8.88. The lowest BCUT2D eigenvalue weighted by Gasteiger charge is -2.25. The highest BCUT2D eigenvalue weighted by Crippen LogP contribution is 2.42. The SMILES string of the molecule is O=C1C(=O)N(c2ccccc2)C(c2cccc(O)c2)/C1=C(/O)c1ccc(Br)cc1. The minimum absolute atomic E-state index is 0.00444. The minimum Gasteiger partial charge on any atom is -0.508 e. The van der Waals surface area contributed by atoms with E-state index in [-0.39, 0.29) is 17.1 Å². The largest absolute Gasteiger partial charge is 0.508 e. The topological polar surface area (TPSA) is 77.8 Å². The van der Waals surface area contributed by atoms with Gasteiger partial charge in [-0.1, -0.05) is 58.4 Å². The Morgan fingerprint density at radius 3 is 2.24 bits per heavy atom. The summed E-state index contributed by atoms with van der Waals surface area (Å²) in [7, 11) is 0. The molecule has 144 valence electrons. The van der Waals surface area contributed by atoms with Crippen molar-refractivity contribution in [2.24, 2.45) is 0 Å². The summed E-state index contributed by atoms with van der Waals surface area (Å²) in [6, 6.07) is 21.1. The van der Waals surface area contributed by atoms with Gasteiger partial charge in [0.15, 0.2) is 0 Å². The van der Waals surface area contributed by atoms with Crippen LogP contribution in [-0.2, 0) is 9.59 Å². The van der Waals surface area contributed by atoms with Gasteiger partial charge < -0.3 is 10.2 Å². The van der Waals surface area contributed by atoms with Crippen LogP contribution in [0, 0.1) is 0 Å². The summed E-state index contributed by atoms with van der Waals surface area (Å²) in [5, 5.41) is 20.9. The molecule has 1 heterocycles. The number of phenolic OH excluding ortho intramolecular Hbond substituents is 1. The molecule has 3 aromatic rings. The number of para-hydroxylation sites is 1. The molecule has 0 saturated carbocycles. The van der Waals surface area contributed by atoms with Crippen molar-refractivity contribution in [2.75, 3.05) is 4.90 Å². The minimum atomic E-state index is -0.867. The summed E-state index contributed by atoms with van der Waals surface area (Å²) < 4.78 is 0.823. The molecule has 1 aliphatic heterocycles. The molecule has 29 heavy (non-hydrogen) atoms. The number of phenols is 1. The van der Waals surface area contributed by atoms with Crippen molar-refractivity contribution in [2.45, 2.75) is 6.04 Å². The number of benzene rings is 3. The van der Waals surface area contributed by atoms with Crippen molar-refractivity contribution in [3.05, 3.63) is 100 Å². The molecular weight excluding hydrogens is 434 g/mol. The predicted octanol–water partition coefficient (Wildman–Crippen LogP) is 4.78. The van der Waals surface area contributed by atoms with Crippen LogP contribution < -0.4 is 4.90 Å². The van der Waals surface area contributed by atoms with E-state index in [9.17, 15) is 19.8 Å². The van der Waals surface area contributed by atoms with Crippen LogP contribution in [-0.4, -0.2) is 21.9 Å². The lowest BCUT2D eigenvalue weighted by Crippen LogP contribution is -2.29. The Morgan fingerprint density at radius 2 is 1.59 bits per heavy atom. The number of amides is 1. The number of aliphatic hydroxyl groups excluding tert-OH is 1. The standard InChI is InChI=1S/C23H16BrNO4/c24-16-11-9-14(10-12-16)21(27)19-20(15-5-4-8-18(26)13-15)25(23(29)22(19)28)17-6-2-1-3-7-17/h1-13,20,26-27H/b21-19-. The molecule has 1 aliphatic rings. The molecule has 0 aliphatic carbocycles. The van der Waals surface area contributed by atoms with Crippen LogP contribution in [0.4, 0.5) is 5.69 Å². The number of hydrogen-bond acceptors (Lipinski definition) is 4. The number of halogens is 1. The Morgan fingerprint density at radius 1 is 0.897 bits per heavy atom. The van der Waals surface area contributed by atoms with E-state index < -0.39 is 17.7 Å². The van der Waals surface area contributed by atoms with Crippen LogP contribution in [0.1, 0.15) is 17.2 Å². The van der Waals surface area contributed by atoms with Gasteiger partial charge >= 0.3 is 0 Å². The number of ketones is 1. The van der Waals surface area contributed by atoms with E-state index in [1.165, 1.54) is 17.0 Å². The average molecular weight is 450 g/mol. The second-order valence-electron chi connectivity index (χ2n) is 6.61. The van der Waals surface area contributed by atoms with Crippen molar-refractivity contribution in [1.29, 1.82) is 0 Å². The summed E-state index contributed by atoms with van der Waals surface area (Å²) >= 11 is 3.34. The van der Waals surface area contributed by atoms with Crippen LogP contribution in [0.25, 0.3) is 5.76 Å². The normalized spacial score (nSPS) is 18.2. The van der Waals surface area contributed by atoms with E-state index in [1.54, 1.807) is 60.7 Å². The van der Waals surface area contributed by atoms with Crippen molar-refractivity contribution >= 4 is 39.1 Å². The Hall–Kier alpha value is -3.38. The van der Waals surface area contributed by atoms with Gasteiger partial charge in [-0.15, -0.1) is 0 Å². The molecule has 1 atom stereocenters. The van der Waals surface area contributed by atoms with Crippen molar-refractivity contribution < 1.29 is 19.8 Å². The van der Waals surface area contributed by atoms with E-state index >= 15 is 0 Å². The number of hydrogen-bond donors (Lipinski definition) is 2. The molecule has 0 bridgehead atoms. The van der Waals surface area contributed by atoms with Gasteiger partial charge in [0.25, 0.3) is 11.7 Å². The third kappa shape index (κ3) is 3.43. The summed E-state index contributed by atoms with van der Waals surface area (Å²) in [5.74, 6) is -1.77. The molecule has 1 amide bonds. The Balaban J connectivity index is 1.95. The van der Waals surface area contributed by atoms with Gasteiger partial charge in [-0.05, 0) is 42.0 Å². The first-order valence-corrected chi connectivity index (χ1v) is 9.67. The Labute approximate surface area is 175 Å². The van der Waals surface area contributed by atoms with Gasteiger partial charge in [0.1, 0.15) is 11.5 Å². The van der Waals surface area contributed by atoms with Crippen LogP contribution in [0.2, 0.25) is 0 Å². The lowest BCUT2D eigenvalue weighted by molar-refractivity contribution is -0.132.